The smallest absolute Gasteiger partial charge is 0.120 e. The summed E-state index contributed by atoms with van der Waals surface area (Å²) in [7, 11) is 0. The molecule has 0 aliphatic rings. The average Bonchev–Trinajstić information content (AvgIpc) is 2.59. The molecule has 0 radical (unpaired) electrons. The van der Waals surface area contributed by atoms with Crippen molar-refractivity contribution in [3.05, 3.63) is 60.2 Å². The average molecular weight is 326 g/mol. The van der Waals surface area contributed by atoms with Crippen LogP contribution in [-0.2, 0) is 6.61 Å². The van der Waals surface area contributed by atoms with Gasteiger partial charge in [0.25, 0.3) is 0 Å². The lowest BCUT2D eigenvalue weighted by Gasteiger charge is -2.22. The predicted octanol–water partition coefficient (Wildman–Crippen LogP) is 4.39. The first-order valence-electron chi connectivity index (χ1n) is 8.21. The second kappa shape index (κ2) is 8.39. The molecule has 24 heavy (non-hydrogen) atoms. The molecule has 128 valence electrons. The summed E-state index contributed by atoms with van der Waals surface area (Å²) in [6.07, 6.45) is 1.69. The van der Waals surface area contributed by atoms with E-state index in [0.29, 0.717) is 13.2 Å². The van der Waals surface area contributed by atoms with Gasteiger partial charge in [-0.15, -0.1) is 0 Å². The number of benzene rings is 2. The Morgan fingerprint density at radius 1 is 0.958 bits per heavy atom. The number of nitrogens with two attached hydrogens (primary N) is 1. The Kier molecular flexibility index (Phi) is 6.24. The van der Waals surface area contributed by atoms with Crippen molar-refractivity contribution < 1.29 is 9.47 Å². The van der Waals surface area contributed by atoms with E-state index < -0.39 is 0 Å². The van der Waals surface area contributed by atoms with Crippen LogP contribution in [0.4, 0.5) is 0 Å². The summed E-state index contributed by atoms with van der Waals surface area (Å²) in [6.45, 7) is 5.13. The third kappa shape index (κ3) is 5.61. The van der Waals surface area contributed by atoms with Gasteiger partial charge in [0.05, 0.1) is 12.4 Å². The van der Waals surface area contributed by atoms with Gasteiger partial charge in [0.15, 0.2) is 0 Å². The van der Waals surface area contributed by atoms with Crippen LogP contribution in [0.1, 0.15) is 32.3 Å². The monoisotopic (exact) mass is 326 g/mol. The summed E-state index contributed by atoms with van der Waals surface area (Å²) in [5.41, 5.74) is 6.46. The van der Waals surface area contributed by atoms with Crippen LogP contribution in [0.3, 0.4) is 0 Å². The largest absolute Gasteiger partial charge is 0.494 e. The summed E-state index contributed by atoms with van der Waals surface area (Å²) in [4.78, 5) is 0. The van der Waals surface area contributed by atoms with Gasteiger partial charge >= 0.3 is 0 Å². The molecule has 3 N–H and O–H groups in total. The molecule has 0 aliphatic carbocycles. The molecule has 0 saturated carbocycles. The summed E-state index contributed by atoms with van der Waals surface area (Å²) in [5.74, 6) is 1.87. The normalized spacial score (nSPS) is 11.1. The van der Waals surface area contributed by atoms with E-state index in [1.165, 1.54) is 0 Å². The maximum Gasteiger partial charge on any atom is 0.120 e. The first-order valence-corrected chi connectivity index (χ1v) is 8.21. The molecule has 2 aromatic rings. The molecule has 2 aromatic carbocycles. The second-order valence-corrected chi connectivity index (χ2v) is 6.50. The highest BCUT2D eigenvalue weighted by molar-refractivity contribution is 5.82. The van der Waals surface area contributed by atoms with Crippen LogP contribution in [0, 0.1) is 10.8 Å². The third-order valence-corrected chi connectivity index (χ3v) is 4.02. The van der Waals surface area contributed by atoms with Crippen molar-refractivity contribution in [2.45, 2.75) is 33.3 Å². The van der Waals surface area contributed by atoms with Crippen LogP contribution in [0.15, 0.2) is 54.6 Å². The Hall–Kier alpha value is -2.49. The molecule has 0 atom stereocenters. The van der Waals surface area contributed by atoms with E-state index in [9.17, 15) is 0 Å². The molecule has 0 aliphatic heterocycles. The van der Waals surface area contributed by atoms with Gasteiger partial charge in [-0.3, -0.25) is 5.41 Å². The number of ether oxygens (including phenoxy) is 2. The Bertz CT molecular complexity index is 636. The van der Waals surface area contributed by atoms with Gasteiger partial charge in [-0.25, -0.2) is 0 Å². The second-order valence-electron chi connectivity index (χ2n) is 6.50. The van der Waals surface area contributed by atoms with Gasteiger partial charge in [0, 0.05) is 5.41 Å². The van der Waals surface area contributed by atoms with Crippen LogP contribution >= 0.6 is 0 Å². The minimum absolute atomic E-state index is 0.224. The van der Waals surface area contributed by atoms with E-state index in [0.717, 1.165) is 29.9 Å². The number of rotatable bonds is 9. The topological polar surface area (TPSA) is 68.3 Å². The van der Waals surface area contributed by atoms with E-state index in [1.54, 1.807) is 0 Å². The molecule has 4 heteroatoms. The number of nitrogens with one attached hydrogen (secondary N) is 1. The first-order chi connectivity index (χ1) is 11.5. The van der Waals surface area contributed by atoms with Crippen molar-refractivity contribution >= 4 is 5.84 Å². The van der Waals surface area contributed by atoms with E-state index in [4.69, 9.17) is 20.6 Å². The summed E-state index contributed by atoms with van der Waals surface area (Å²) in [6, 6.07) is 17.7. The Labute approximate surface area is 144 Å². The van der Waals surface area contributed by atoms with Crippen molar-refractivity contribution in [2.24, 2.45) is 11.1 Å². The number of hydrogen-bond donors (Lipinski definition) is 2. The molecule has 0 spiro atoms. The lowest BCUT2D eigenvalue weighted by Crippen LogP contribution is -2.31. The quantitative estimate of drug-likeness (QED) is 0.408. The van der Waals surface area contributed by atoms with Crippen molar-refractivity contribution in [2.75, 3.05) is 6.61 Å². The fourth-order valence-electron chi connectivity index (χ4n) is 2.21. The van der Waals surface area contributed by atoms with Crippen LogP contribution < -0.4 is 15.2 Å². The van der Waals surface area contributed by atoms with E-state index in [2.05, 4.69) is 0 Å². The van der Waals surface area contributed by atoms with Crippen molar-refractivity contribution in [3.8, 4) is 11.5 Å². The van der Waals surface area contributed by atoms with Gasteiger partial charge in [-0.2, -0.15) is 0 Å². The van der Waals surface area contributed by atoms with E-state index >= 15 is 0 Å². The maximum absolute atomic E-state index is 7.55. The highest BCUT2D eigenvalue weighted by Gasteiger charge is 2.20. The zero-order valence-electron chi connectivity index (χ0n) is 14.4. The zero-order valence-corrected chi connectivity index (χ0v) is 14.4. The van der Waals surface area contributed by atoms with E-state index in [-0.39, 0.29) is 11.3 Å². The van der Waals surface area contributed by atoms with Gasteiger partial charge in [0.1, 0.15) is 18.1 Å². The summed E-state index contributed by atoms with van der Waals surface area (Å²) in [5, 5.41) is 7.55. The molecule has 0 bridgehead atoms. The zero-order chi connectivity index (χ0) is 17.4. The SMILES string of the molecule is CC(C)(CCCOc1ccc(OCc2ccccc2)cc1)C(=N)N. The molecule has 4 nitrogen and oxygen atoms in total. The van der Waals surface area contributed by atoms with Gasteiger partial charge < -0.3 is 15.2 Å². The summed E-state index contributed by atoms with van der Waals surface area (Å²) < 4.78 is 11.5. The first kappa shape index (κ1) is 17.9. The summed E-state index contributed by atoms with van der Waals surface area (Å²) >= 11 is 0. The van der Waals surface area contributed by atoms with Crippen LogP contribution in [0.25, 0.3) is 0 Å². The fourth-order valence-corrected chi connectivity index (χ4v) is 2.21. The molecule has 0 unspecified atom stereocenters. The third-order valence-electron chi connectivity index (χ3n) is 4.02. The fraction of sp³-hybridized carbons (Fsp3) is 0.350. The Morgan fingerprint density at radius 2 is 1.54 bits per heavy atom. The van der Waals surface area contributed by atoms with Gasteiger partial charge in [-0.05, 0) is 42.7 Å². The van der Waals surface area contributed by atoms with Crippen LogP contribution in [0.2, 0.25) is 0 Å². The highest BCUT2D eigenvalue weighted by Crippen LogP contribution is 2.23. The molecule has 2 rings (SSSR count). The minimum Gasteiger partial charge on any atom is -0.494 e. The van der Waals surface area contributed by atoms with Crippen LogP contribution in [0.5, 0.6) is 11.5 Å². The molecule has 0 fully saturated rings. The molecular weight excluding hydrogens is 300 g/mol. The standard InChI is InChI=1S/C20H26N2O2/c1-20(2,19(21)22)13-6-14-23-17-9-11-18(12-10-17)24-15-16-7-4-3-5-8-16/h3-5,7-12H,6,13-15H2,1-2H3,(H3,21,22). The lowest BCUT2D eigenvalue weighted by molar-refractivity contribution is 0.284. The highest BCUT2D eigenvalue weighted by atomic mass is 16.5. The molecule has 0 aromatic heterocycles. The molecule has 0 heterocycles. The van der Waals surface area contributed by atoms with Crippen molar-refractivity contribution in [1.29, 1.82) is 5.41 Å². The number of hydrogen-bond acceptors (Lipinski definition) is 3. The molecule has 0 saturated heterocycles. The number of amidine groups is 1. The maximum atomic E-state index is 7.55. The van der Waals surface area contributed by atoms with Gasteiger partial charge in [-0.1, -0.05) is 44.2 Å². The molecule has 0 amide bonds. The Balaban J connectivity index is 1.73. The van der Waals surface area contributed by atoms with E-state index in [1.807, 2.05) is 68.4 Å². The molecular formula is C20H26N2O2. The van der Waals surface area contributed by atoms with Crippen molar-refractivity contribution in [3.63, 3.8) is 0 Å². The minimum atomic E-state index is -0.265. The Morgan fingerprint density at radius 3 is 2.12 bits per heavy atom. The van der Waals surface area contributed by atoms with Crippen LogP contribution in [-0.4, -0.2) is 12.4 Å². The van der Waals surface area contributed by atoms with Gasteiger partial charge in [0.2, 0.25) is 0 Å². The van der Waals surface area contributed by atoms with Crippen molar-refractivity contribution in [1.82, 2.24) is 0 Å². The predicted molar refractivity (Wildman–Crippen MR) is 97.6 cm³/mol. The lowest BCUT2D eigenvalue weighted by atomic mass is 9.87.